The summed E-state index contributed by atoms with van der Waals surface area (Å²) < 4.78 is 0. The molecule has 0 fully saturated rings. The van der Waals surface area contributed by atoms with Gasteiger partial charge in [0, 0.05) is 12.5 Å². The largest absolute Gasteiger partial charge is 0.353 e. The Labute approximate surface area is 141 Å². The summed E-state index contributed by atoms with van der Waals surface area (Å²) in [5.41, 5.74) is 9.31. The van der Waals surface area contributed by atoms with E-state index in [1.807, 2.05) is 0 Å². The van der Waals surface area contributed by atoms with Gasteiger partial charge in [0.25, 0.3) is 0 Å². The number of carbonyl (C=O) groups is 1. The Hall–Kier alpha value is -1.06. The smallest absolute Gasteiger partial charge is 0.220 e. The molecule has 0 spiro atoms. The molecule has 3 nitrogen and oxygen atoms in total. The van der Waals surface area contributed by atoms with E-state index in [9.17, 15) is 4.79 Å². The van der Waals surface area contributed by atoms with E-state index >= 15 is 0 Å². The van der Waals surface area contributed by atoms with Crippen LogP contribution in [0.15, 0.2) is 18.2 Å². The number of hydrogen-bond donors (Lipinski definition) is 2. The van der Waals surface area contributed by atoms with Crippen LogP contribution in [0.1, 0.15) is 55.7 Å². The number of carbonyl (C=O) groups excluding carboxylic acids is 1. The van der Waals surface area contributed by atoms with Crippen molar-refractivity contribution >= 4 is 18.3 Å². The summed E-state index contributed by atoms with van der Waals surface area (Å²) in [5, 5.41) is 3.09. The molecule has 0 aliphatic carbocycles. The number of hydrogen-bond acceptors (Lipinski definition) is 2. The predicted octanol–water partition coefficient (Wildman–Crippen LogP) is 3.68. The Morgan fingerprint density at radius 3 is 2.27 bits per heavy atom. The highest BCUT2D eigenvalue weighted by atomic mass is 35.5. The van der Waals surface area contributed by atoms with Crippen molar-refractivity contribution in [2.75, 3.05) is 6.54 Å². The van der Waals surface area contributed by atoms with Crippen molar-refractivity contribution in [2.24, 2.45) is 5.73 Å². The zero-order valence-electron chi connectivity index (χ0n) is 14.2. The Morgan fingerprint density at radius 2 is 1.68 bits per heavy atom. The molecular formula is C18H31ClN2O. The number of amides is 1. The molecule has 0 bridgehead atoms. The van der Waals surface area contributed by atoms with Crippen molar-refractivity contribution in [1.29, 1.82) is 0 Å². The van der Waals surface area contributed by atoms with Gasteiger partial charge in [-0.1, -0.05) is 42.2 Å². The Morgan fingerprint density at radius 1 is 1.09 bits per heavy atom. The number of benzene rings is 1. The molecule has 1 aromatic rings. The van der Waals surface area contributed by atoms with Gasteiger partial charge in [0.1, 0.15) is 0 Å². The zero-order valence-corrected chi connectivity index (χ0v) is 15.0. The lowest BCUT2D eigenvalue weighted by atomic mass is 10.0. The molecule has 0 aromatic heterocycles. The average molecular weight is 327 g/mol. The average Bonchev–Trinajstić information content (AvgIpc) is 2.36. The first-order chi connectivity index (χ1) is 10.0. The summed E-state index contributed by atoms with van der Waals surface area (Å²) in [6.45, 7) is 7.05. The second kappa shape index (κ2) is 11.5. The third kappa shape index (κ3) is 9.06. The van der Waals surface area contributed by atoms with Gasteiger partial charge >= 0.3 is 0 Å². The molecule has 22 heavy (non-hydrogen) atoms. The van der Waals surface area contributed by atoms with Crippen molar-refractivity contribution < 1.29 is 4.79 Å². The van der Waals surface area contributed by atoms with E-state index in [0.717, 1.165) is 38.6 Å². The third-order valence-electron chi connectivity index (χ3n) is 3.59. The van der Waals surface area contributed by atoms with Crippen LogP contribution in [0.25, 0.3) is 0 Å². The van der Waals surface area contributed by atoms with Crippen molar-refractivity contribution in [3.8, 4) is 0 Å². The number of unbranched alkanes of at least 4 members (excludes halogenated alkanes) is 3. The van der Waals surface area contributed by atoms with Crippen molar-refractivity contribution in [1.82, 2.24) is 5.32 Å². The number of nitrogens with two attached hydrogens (primary N) is 1. The second-order valence-corrected chi connectivity index (χ2v) is 6.12. The molecule has 1 rings (SSSR count). The first-order valence-electron chi connectivity index (χ1n) is 8.08. The maximum atomic E-state index is 11.9. The van der Waals surface area contributed by atoms with Crippen LogP contribution in [0.2, 0.25) is 0 Å². The SMILES string of the molecule is Cc1cc(C)cc(CC(C)NC(=O)CCCCCCN)c1.Cl. The van der Waals surface area contributed by atoms with Gasteiger partial charge in [-0.25, -0.2) is 0 Å². The molecule has 0 aliphatic heterocycles. The van der Waals surface area contributed by atoms with Gasteiger partial charge in [0.15, 0.2) is 0 Å². The highest BCUT2D eigenvalue weighted by molar-refractivity contribution is 5.85. The molecule has 3 N–H and O–H groups in total. The van der Waals surface area contributed by atoms with Crippen LogP contribution < -0.4 is 11.1 Å². The van der Waals surface area contributed by atoms with E-state index in [1.54, 1.807) is 0 Å². The molecule has 0 saturated heterocycles. The fraction of sp³-hybridized carbons (Fsp3) is 0.611. The van der Waals surface area contributed by atoms with Crippen LogP contribution in [0.4, 0.5) is 0 Å². The number of nitrogens with one attached hydrogen (secondary N) is 1. The predicted molar refractivity (Wildman–Crippen MR) is 96.6 cm³/mol. The Bertz CT molecular complexity index is 428. The van der Waals surface area contributed by atoms with E-state index in [1.165, 1.54) is 16.7 Å². The minimum atomic E-state index is 0. The monoisotopic (exact) mass is 326 g/mol. The molecule has 1 atom stereocenters. The quantitative estimate of drug-likeness (QED) is 0.680. The van der Waals surface area contributed by atoms with Crippen molar-refractivity contribution in [3.05, 3.63) is 34.9 Å². The second-order valence-electron chi connectivity index (χ2n) is 6.12. The lowest BCUT2D eigenvalue weighted by Crippen LogP contribution is -2.33. The highest BCUT2D eigenvalue weighted by Crippen LogP contribution is 2.11. The third-order valence-corrected chi connectivity index (χ3v) is 3.59. The van der Waals surface area contributed by atoms with Gasteiger partial charge in [0.05, 0.1) is 0 Å². The number of halogens is 1. The van der Waals surface area contributed by atoms with Gasteiger partial charge in [-0.05, 0) is 52.1 Å². The van der Waals surface area contributed by atoms with Gasteiger partial charge < -0.3 is 11.1 Å². The van der Waals surface area contributed by atoms with Crippen LogP contribution in [0, 0.1) is 13.8 Å². The van der Waals surface area contributed by atoms with E-state index < -0.39 is 0 Å². The van der Waals surface area contributed by atoms with E-state index in [2.05, 4.69) is 44.3 Å². The van der Waals surface area contributed by atoms with Gasteiger partial charge in [-0.15, -0.1) is 12.4 Å². The van der Waals surface area contributed by atoms with Crippen LogP contribution in [-0.4, -0.2) is 18.5 Å². The zero-order chi connectivity index (χ0) is 15.7. The minimum Gasteiger partial charge on any atom is -0.353 e. The van der Waals surface area contributed by atoms with E-state index in [4.69, 9.17) is 5.73 Å². The number of aryl methyl sites for hydroxylation is 2. The van der Waals surface area contributed by atoms with Gasteiger partial charge in [-0.3, -0.25) is 4.79 Å². The van der Waals surface area contributed by atoms with Crippen LogP contribution in [0.5, 0.6) is 0 Å². The molecule has 0 aliphatic rings. The van der Waals surface area contributed by atoms with E-state index in [0.29, 0.717) is 6.42 Å². The lowest BCUT2D eigenvalue weighted by Gasteiger charge is -2.15. The molecule has 1 aromatic carbocycles. The minimum absolute atomic E-state index is 0. The van der Waals surface area contributed by atoms with Gasteiger partial charge in [0.2, 0.25) is 5.91 Å². The highest BCUT2D eigenvalue weighted by Gasteiger charge is 2.08. The normalized spacial score (nSPS) is 11.6. The molecule has 1 amide bonds. The Kier molecular flexibility index (Phi) is 10.9. The maximum Gasteiger partial charge on any atom is 0.220 e. The first-order valence-corrected chi connectivity index (χ1v) is 8.08. The van der Waals surface area contributed by atoms with Crippen LogP contribution >= 0.6 is 12.4 Å². The topological polar surface area (TPSA) is 55.1 Å². The molecule has 0 saturated carbocycles. The molecule has 0 radical (unpaired) electrons. The number of rotatable bonds is 9. The summed E-state index contributed by atoms with van der Waals surface area (Å²) in [4.78, 5) is 11.9. The first kappa shape index (κ1) is 20.9. The summed E-state index contributed by atoms with van der Waals surface area (Å²) in [6, 6.07) is 6.75. The van der Waals surface area contributed by atoms with Crippen LogP contribution in [-0.2, 0) is 11.2 Å². The van der Waals surface area contributed by atoms with Crippen LogP contribution in [0.3, 0.4) is 0 Å². The lowest BCUT2D eigenvalue weighted by molar-refractivity contribution is -0.121. The van der Waals surface area contributed by atoms with E-state index in [-0.39, 0.29) is 24.4 Å². The van der Waals surface area contributed by atoms with Gasteiger partial charge in [-0.2, -0.15) is 0 Å². The fourth-order valence-corrected chi connectivity index (χ4v) is 2.72. The molecule has 0 heterocycles. The molecule has 1 unspecified atom stereocenters. The summed E-state index contributed by atoms with van der Waals surface area (Å²) in [5.74, 6) is 0.166. The summed E-state index contributed by atoms with van der Waals surface area (Å²) in [7, 11) is 0. The molecular weight excluding hydrogens is 296 g/mol. The van der Waals surface area contributed by atoms with Crippen molar-refractivity contribution in [3.63, 3.8) is 0 Å². The Balaban J connectivity index is 0.00000441. The standard InChI is InChI=1S/C18H30N2O.ClH/c1-14-10-15(2)12-17(11-14)13-16(3)20-18(21)8-6-4-5-7-9-19;/h10-12,16H,4-9,13,19H2,1-3H3,(H,20,21);1H. The summed E-state index contributed by atoms with van der Waals surface area (Å²) >= 11 is 0. The maximum absolute atomic E-state index is 11.9. The fourth-order valence-electron chi connectivity index (χ4n) is 2.72. The molecule has 4 heteroatoms. The molecule has 126 valence electrons. The summed E-state index contributed by atoms with van der Waals surface area (Å²) in [6.07, 6.45) is 5.76. The van der Waals surface area contributed by atoms with Crippen molar-refractivity contribution in [2.45, 2.75) is 65.3 Å².